The second kappa shape index (κ2) is 29.6. The minimum atomic E-state index is -1.40. The Bertz CT molecular complexity index is 2900. The first kappa shape index (κ1) is 61.6. The number of hydrogen-bond acceptors (Lipinski definition) is 12. The summed E-state index contributed by atoms with van der Waals surface area (Å²) >= 11 is 0. The number of imidazole rings is 1. The Morgan fingerprint density at radius 2 is 1.59 bits per heavy atom. The maximum Gasteiger partial charge on any atom is 0.410 e. The molecule has 0 spiro atoms. The van der Waals surface area contributed by atoms with Gasteiger partial charge in [0.15, 0.2) is 0 Å². The Kier molecular flexibility index (Phi) is 22.2. The number of primary amides is 1. The lowest BCUT2D eigenvalue weighted by atomic mass is 9.88. The topological polar surface area (TPSA) is 277 Å². The molecule has 1 aromatic heterocycles. The highest BCUT2D eigenvalue weighted by molar-refractivity contribution is 6.12. The van der Waals surface area contributed by atoms with Crippen LogP contribution < -0.4 is 27.0 Å². The second-order valence-corrected chi connectivity index (χ2v) is 21.4. The molecule has 0 saturated carbocycles. The summed E-state index contributed by atoms with van der Waals surface area (Å²) in [6.45, 7) is 7.02. The molecule has 5 atom stereocenters. The Hall–Kier alpha value is -8.05. The molecule has 7 N–H and O–H groups in total. The van der Waals surface area contributed by atoms with Crippen LogP contribution in [-0.2, 0) is 51.4 Å². The van der Waals surface area contributed by atoms with Gasteiger partial charge in [0.2, 0.25) is 17.7 Å². The first-order valence-corrected chi connectivity index (χ1v) is 28.0. The number of likely N-dealkylation sites (tertiary alicyclic amines) is 1. The third kappa shape index (κ3) is 17.2. The summed E-state index contributed by atoms with van der Waals surface area (Å²) in [4.78, 5) is 113. The van der Waals surface area contributed by atoms with Crippen LogP contribution in [0.4, 0.5) is 24.1 Å². The van der Waals surface area contributed by atoms with Crippen molar-refractivity contribution in [1.29, 1.82) is 0 Å². The van der Waals surface area contributed by atoms with Crippen LogP contribution >= 0.6 is 0 Å². The van der Waals surface area contributed by atoms with Gasteiger partial charge in [-0.3, -0.25) is 33.7 Å². The number of ether oxygens (including phenoxy) is 2. The molecule has 4 unspecified atom stereocenters. The number of carbonyl (C=O) groups is 8. The molecule has 3 aliphatic heterocycles. The lowest BCUT2D eigenvalue weighted by molar-refractivity contribution is -0.145. The number of aliphatic hydroxyl groups excluding tert-OH is 1. The van der Waals surface area contributed by atoms with Gasteiger partial charge in [-0.25, -0.2) is 23.4 Å². The molecule has 0 bridgehead atoms. The van der Waals surface area contributed by atoms with Gasteiger partial charge in [0.25, 0.3) is 17.7 Å². The third-order valence-corrected chi connectivity index (χ3v) is 14.8. The summed E-state index contributed by atoms with van der Waals surface area (Å²) in [6.07, 6.45) is 5.75. The number of benzene rings is 3. The minimum Gasteiger partial charge on any atom is -0.445 e. The third-order valence-electron chi connectivity index (χ3n) is 14.8. The van der Waals surface area contributed by atoms with E-state index >= 15 is 4.39 Å². The molecule has 23 heteroatoms. The predicted molar refractivity (Wildman–Crippen MR) is 298 cm³/mol. The quantitative estimate of drug-likeness (QED) is 0.0310. The van der Waals surface area contributed by atoms with E-state index in [4.69, 9.17) is 20.2 Å². The zero-order chi connectivity index (χ0) is 58.9. The van der Waals surface area contributed by atoms with E-state index in [0.717, 1.165) is 28.7 Å². The number of halogens is 2. The van der Waals surface area contributed by atoms with E-state index in [2.05, 4.69) is 21.3 Å². The summed E-state index contributed by atoms with van der Waals surface area (Å²) in [6, 6.07) is 15.7. The zero-order valence-corrected chi connectivity index (χ0v) is 46.5. The van der Waals surface area contributed by atoms with E-state index in [-0.39, 0.29) is 98.8 Å². The van der Waals surface area contributed by atoms with Gasteiger partial charge in [-0.2, -0.15) is 0 Å². The van der Waals surface area contributed by atoms with Crippen molar-refractivity contribution in [2.45, 2.75) is 116 Å². The molecule has 4 heterocycles. The fourth-order valence-electron chi connectivity index (χ4n) is 10.4. The molecule has 9 amide bonds. The Labute approximate surface area is 475 Å². The van der Waals surface area contributed by atoms with Crippen molar-refractivity contribution >= 4 is 53.3 Å². The summed E-state index contributed by atoms with van der Waals surface area (Å²) in [5.41, 5.74) is 7.26. The zero-order valence-electron chi connectivity index (χ0n) is 46.5. The number of nitrogens with one attached hydrogen (secondary N) is 4. The lowest BCUT2D eigenvalue weighted by Crippen LogP contribution is -2.54. The van der Waals surface area contributed by atoms with Crippen LogP contribution in [0.5, 0.6) is 0 Å². The molecule has 82 heavy (non-hydrogen) atoms. The minimum absolute atomic E-state index is 0.0356. The number of unbranched alkanes of at least 4 members (excludes halogenated alkanes) is 2. The van der Waals surface area contributed by atoms with Gasteiger partial charge in [0.05, 0.1) is 11.7 Å². The summed E-state index contributed by atoms with van der Waals surface area (Å²) < 4.78 is 43.3. The summed E-state index contributed by atoms with van der Waals surface area (Å²) in [5.74, 6) is -4.46. The van der Waals surface area contributed by atoms with Crippen molar-refractivity contribution in [3.05, 3.63) is 120 Å². The van der Waals surface area contributed by atoms with Crippen LogP contribution in [0.15, 0.2) is 91.1 Å². The molecule has 7 rings (SSSR count). The van der Waals surface area contributed by atoms with E-state index in [9.17, 15) is 47.9 Å². The first-order chi connectivity index (χ1) is 39.3. The smallest absolute Gasteiger partial charge is 0.410 e. The van der Waals surface area contributed by atoms with Gasteiger partial charge in [-0.05, 0) is 111 Å². The Morgan fingerprint density at radius 1 is 0.866 bits per heavy atom. The number of aromatic nitrogens is 2. The highest BCUT2D eigenvalue weighted by Gasteiger charge is 2.41. The second-order valence-electron chi connectivity index (χ2n) is 21.4. The molecule has 21 nitrogen and oxygen atoms in total. The van der Waals surface area contributed by atoms with Crippen molar-refractivity contribution in [2.24, 2.45) is 23.5 Å². The number of aliphatic hydroxyl groups is 1. The van der Waals surface area contributed by atoms with Crippen molar-refractivity contribution in [3.63, 3.8) is 0 Å². The molecule has 2 saturated heterocycles. The first-order valence-electron chi connectivity index (χ1n) is 28.0. The van der Waals surface area contributed by atoms with Gasteiger partial charge < -0.3 is 55.9 Å². The SMILES string of the molecule is CC(O)C(=O)N(CC1CCN(C(=O)OCc2ccc(NC(=O)C(CCCNC(N)=O)NC(=O)C(NC(=O)CCCCCN3C(=O)C=CC3=O)C(C)C)cc2)C1)[C@@H](c1nc(-c2cc(F)ccc2F)cn1Cc1ccccc1)C1CCOCC1. The van der Waals surface area contributed by atoms with Gasteiger partial charge in [0.1, 0.15) is 42.3 Å². The molecular formula is C59H74F2N10O11. The standard InChI is InChI=1S/C59H74F2N10O11/c1-37(2)52(67-49(73)14-8-5-9-27-70-50(74)21-22-51(70)75)56(77)66-47(13-10-26-63-58(62)79)55(76)64-44-18-15-40(16-19-44)36-82-59(80)68-28-23-41(33-68)34-71(57(78)38(3)72)53(42-24-29-81-30-25-42)54-65-48(45-31-43(60)17-20-46(45)61)35-69(54)32-39-11-6-4-7-12-39/h4,6-7,11-12,15-22,31,35,37-38,41-42,47,52-53,72H,5,8-10,13-14,23-30,32-34,36H2,1-3H3,(H,64,76)(H,66,77)(H,67,73)(H3,62,63,79)/t38?,41?,47?,52?,53-/m1/s1. The number of urea groups is 1. The van der Waals surface area contributed by atoms with Crippen LogP contribution in [-0.4, -0.2) is 141 Å². The number of carbonyl (C=O) groups excluding carboxylic acids is 8. The summed E-state index contributed by atoms with van der Waals surface area (Å²) in [7, 11) is 0. The maximum absolute atomic E-state index is 15.4. The largest absolute Gasteiger partial charge is 0.445 e. The molecule has 440 valence electrons. The normalized spacial score (nSPS) is 16.8. The van der Waals surface area contributed by atoms with E-state index in [1.165, 1.54) is 19.1 Å². The van der Waals surface area contributed by atoms with Gasteiger partial charge >= 0.3 is 12.1 Å². The number of anilines is 1. The van der Waals surface area contributed by atoms with Crippen molar-refractivity contribution in [2.75, 3.05) is 51.3 Å². The van der Waals surface area contributed by atoms with Gasteiger partial charge in [0, 0.05) is 88.5 Å². The number of nitrogens with zero attached hydrogens (tertiary/aromatic N) is 5. The lowest BCUT2D eigenvalue weighted by Gasteiger charge is -2.40. The monoisotopic (exact) mass is 1140 g/mol. The van der Waals surface area contributed by atoms with Gasteiger partial charge in [-0.15, -0.1) is 0 Å². The number of hydrogen-bond donors (Lipinski definition) is 6. The molecule has 3 aliphatic rings. The van der Waals surface area contributed by atoms with Crippen LogP contribution in [0.25, 0.3) is 11.3 Å². The predicted octanol–water partition coefficient (Wildman–Crippen LogP) is 5.71. The van der Waals surface area contributed by atoms with Crippen LogP contribution in [0.2, 0.25) is 0 Å². The highest BCUT2D eigenvalue weighted by atomic mass is 19.1. The average Bonchev–Trinajstić information content (AvgIpc) is 3.85. The van der Waals surface area contributed by atoms with E-state index in [1.54, 1.807) is 54.1 Å². The van der Waals surface area contributed by atoms with Crippen LogP contribution in [0.3, 0.4) is 0 Å². The van der Waals surface area contributed by atoms with Gasteiger partial charge in [-0.1, -0.05) is 62.7 Å². The number of imide groups is 1. The highest BCUT2D eigenvalue weighted by Crippen LogP contribution is 2.39. The summed E-state index contributed by atoms with van der Waals surface area (Å²) in [5, 5.41) is 21.7. The van der Waals surface area contributed by atoms with Crippen molar-refractivity contribution in [3.8, 4) is 11.3 Å². The fourth-order valence-corrected chi connectivity index (χ4v) is 10.4. The number of nitrogens with two attached hydrogens (primary N) is 1. The molecule has 4 aromatic rings. The molecule has 0 aliphatic carbocycles. The van der Waals surface area contributed by atoms with Crippen molar-refractivity contribution < 1.29 is 61.7 Å². The van der Waals surface area contributed by atoms with Crippen LogP contribution in [0, 0.1) is 29.4 Å². The number of rotatable bonds is 27. The number of amides is 9. The van der Waals surface area contributed by atoms with E-state index in [1.807, 2.05) is 34.9 Å². The molecular weight excluding hydrogens is 1060 g/mol. The fraction of sp³-hybridized carbons (Fsp3) is 0.475. The molecule has 0 radical (unpaired) electrons. The average molecular weight is 1140 g/mol. The maximum atomic E-state index is 15.4. The molecule has 2 fully saturated rings. The Morgan fingerprint density at radius 3 is 2.27 bits per heavy atom. The van der Waals surface area contributed by atoms with Crippen molar-refractivity contribution in [1.82, 2.24) is 40.2 Å². The Balaban J connectivity index is 0.962. The van der Waals surface area contributed by atoms with E-state index in [0.29, 0.717) is 81.9 Å². The van der Waals surface area contributed by atoms with Crippen LogP contribution in [0.1, 0.15) is 102 Å². The van der Waals surface area contributed by atoms with E-state index < -0.39 is 65.7 Å². The molecule has 3 aromatic carbocycles.